The van der Waals surface area contributed by atoms with Gasteiger partial charge in [-0.15, -0.1) is 0 Å². The minimum atomic E-state index is 0. The summed E-state index contributed by atoms with van der Waals surface area (Å²) in [6.45, 7) is 6.74. The lowest BCUT2D eigenvalue weighted by molar-refractivity contribution is -0.966. The SMILES string of the molecule is CCCCC[N+](Cc1ccccc1)(Cc1ccccc1)Cc1ccccc1.[Br-]. The fourth-order valence-electron chi connectivity index (χ4n) is 4.01. The van der Waals surface area contributed by atoms with E-state index >= 15 is 0 Å². The number of hydrogen-bond donors (Lipinski definition) is 0. The van der Waals surface area contributed by atoms with Crippen LogP contribution in [-0.4, -0.2) is 11.0 Å². The van der Waals surface area contributed by atoms with Crippen LogP contribution in [0.2, 0.25) is 0 Å². The van der Waals surface area contributed by atoms with Gasteiger partial charge in [-0.25, -0.2) is 0 Å². The van der Waals surface area contributed by atoms with Gasteiger partial charge in [0.05, 0.1) is 6.54 Å². The molecule has 2 heteroatoms. The second kappa shape index (κ2) is 11.8. The summed E-state index contributed by atoms with van der Waals surface area (Å²) in [7, 11) is 0. The number of unbranched alkanes of at least 4 members (excludes halogenated alkanes) is 2. The lowest BCUT2D eigenvalue weighted by Gasteiger charge is -2.39. The van der Waals surface area contributed by atoms with Crippen LogP contribution in [0.25, 0.3) is 0 Å². The molecule has 0 amide bonds. The molecule has 3 rings (SSSR count). The van der Waals surface area contributed by atoms with Crippen molar-refractivity contribution in [1.29, 1.82) is 0 Å². The maximum Gasteiger partial charge on any atom is 0.105 e. The van der Waals surface area contributed by atoms with Crippen molar-refractivity contribution in [2.45, 2.75) is 45.8 Å². The maximum atomic E-state index is 2.29. The molecule has 0 aliphatic heterocycles. The van der Waals surface area contributed by atoms with Crippen molar-refractivity contribution in [3.63, 3.8) is 0 Å². The predicted molar refractivity (Wildman–Crippen MR) is 115 cm³/mol. The van der Waals surface area contributed by atoms with E-state index < -0.39 is 0 Å². The molecule has 0 bridgehead atoms. The van der Waals surface area contributed by atoms with E-state index in [1.54, 1.807) is 0 Å². The molecule has 3 aromatic carbocycles. The molecule has 28 heavy (non-hydrogen) atoms. The van der Waals surface area contributed by atoms with Crippen LogP contribution in [-0.2, 0) is 19.6 Å². The predicted octanol–water partition coefficient (Wildman–Crippen LogP) is 3.60. The summed E-state index contributed by atoms with van der Waals surface area (Å²) in [5.74, 6) is 0. The van der Waals surface area contributed by atoms with Gasteiger partial charge < -0.3 is 21.5 Å². The van der Waals surface area contributed by atoms with Gasteiger partial charge in [0.2, 0.25) is 0 Å². The van der Waals surface area contributed by atoms with Gasteiger partial charge in [0.25, 0.3) is 0 Å². The molecule has 3 aromatic rings. The van der Waals surface area contributed by atoms with Crippen molar-refractivity contribution >= 4 is 0 Å². The summed E-state index contributed by atoms with van der Waals surface area (Å²) in [4.78, 5) is 0. The number of hydrogen-bond acceptors (Lipinski definition) is 0. The summed E-state index contributed by atoms with van der Waals surface area (Å²) in [6, 6.07) is 33.0. The lowest BCUT2D eigenvalue weighted by Crippen LogP contribution is -3.00. The van der Waals surface area contributed by atoms with Crippen LogP contribution in [0, 0.1) is 0 Å². The quantitative estimate of drug-likeness (QED) is 0.335. The first-order valence-electron chi connectivity index (χ1n) is 10.3. The molecule has 0 saturated carbocycles. The average molecular weight is 438 g/mol. The first kappa shape index (κ1) is 22.4. The first-order chi connectivity index (χ1) is 13.3. The van der Waals surface area contributed by atoms with Gasteiger partial charge in [-0.2, -0.15) is 0 Å². The fraction of sp³-hybridized carbons (Fsp3) is 0.308. The molecule has 1 nitrogen and oxygen atoms in total. The van der Waals surface area contributed by atoms with Gasteiger partial charge in [-0.05, 0) is 12.8 Å². The van der Waals surface area contributed by atoms with Gasteiger partial charge in [0, 0.05) is 16.7 Å². The Morgan fingerprint density at radius 1 is 0.536 bits per heavy atom. The van der Waals surface area contributed by atoms with Crippen molar-refractivity contribution in [1.82, 2.24) is 0 Å². The molecule has 0 aliphatic rings. The zero-order valence-electron chi connectivity index (χ0n) is 16.9. The van der Waals surface area contributed by atoms with Crippen LogP contribution in [0.3, 0.4) is 0 Å². The summed E-state index contributed by atoms with van der Waals surface area (Å²) < 4.78 is 1.08. The smallest absolute Gasteiger partial charge is 0.105 e. The monoisotopic (exact) mass is 437 g/mol. The molecule has 0 unspecified atom stereocenters. The highest BCUT2D eigenvalue weighted by Crippen LogP contribution is 2.25. The molecule has 0 saturated heterocycles. The zero-order valence-corrected chi connectivity index (χ0v) is 18.5. The van der Waals surface area contributed by atoms with Gasteiger partial charge in [0.15, 0.2) is 0 Å². The van der Waals surface area contributed by atoms with Crippen LogP contribution in [0.1, 0.15) is 42.9 Å². The third kappa shape index (κ3) is 6.92. The average Bonchev–Trinajstić information content (AvgIpc) is 2.70. The highest BCUT2D eigenvalue weighted by Gasteiger charge is 2.28. The van der Waals surface area contributed by atoms with Crippen LogP contribution in [0.4, 0.5) is 0 Å². The molecule has 0 atom stereocenters. The van der Waals surface area contributed by atoms with E-state index in [2.05, 4.69) is 97.9 Å². The number of halogens is 1. The third-order valence-electron chi connectivity index (χ3n) is 5.32. The molecule has 0 spiro atoms. The van der Waals surface area contributed by atoms with E-state index in [4.69, 9.17) is 0 Å². The Bertz CT molecular complexity index is 670. The van der Waals surface area contributed by atoms with Gasteiger partial charge in [-0.1, -0.05) is 104 Å². The molecule has 0 N–H and O–H groups in total. The molecular weight excluding hydrogens is 406 g/mol. The summed E-state index contributed by atoms with van der Waals surface area (Å²) in [6.07, 6.45) is 3.85. The first-order valence-corrected chi connectivity index (χ1v) is 10.3. The van der Waals surface area contributed by atoms with Crippen LogP contribution in [0.15, 0.2) is 91.0 Å². The number of rotatable bonds is 10. The third-order valence-corrected chi connectivity index (χ3v) is 5.32. The Hall–Kier alpha value is -1.90. The van der Waals surface area contributed by atoms with Crippen molar-refractivity contribution in [3.8, 4) is 0 Å². The summed E-state index contributed by atoms with van der Waals surface area (Å²) in [5, 5.41) is 0. The number of nitrogens with zero attached hydrogens (tertiary/aromatic N) is 1. The van der Waals surface area contributed by atoms with E-state index in [9.17, 15) is 0 Å². The van der Waals surface area contributed by atoms with Gasteiger partial charge >= 0.3 is 0 Å². The molecule has 0 aromatic heterocycles. The lowest BCUT2D eigenvalue weighted by atomic mass is 10.1. The van der Waals surface area contributed by atoms with Crippen molar-refractivity contribution in [2.75, 3.05) is 6.54 Å². The van der Waals surface area contributed by atoms with E-state index in [0.29, 0.717) is 0 Å². The summed E-state index contributed by atoms with van der Waals surface area (Å²) >= 11 is 0. The standard InChI is InChI=1S/C26H32N.BrH/c1-2-3-13-20-27(21-24-14-7-4-8-15-24,22-25-16-9-5-10-17-25)23-26-18-11-6-12-19-26;/h4-12,14-19H,2-3,13,20-23H2,1H3;1H/q+1;/p-1. The fourth-order valence-corrected chi connectivity index (χ4v) is 4.01. The van der Waals surface area contributed by atoms with E-state index in [-0.39, 0.29) is 17.0 Å². The van der Waals surface area contributed by atoms with Crippen molar-refractivity contribution < 1.29 is 21.5 Å². The van der Waals surface area contributed by atoms with E-state index in [1.165, 1.54) is 42.5 Å². The molecule has 0 heterocycles. The summed E-state index contributed by atoms with van der Waals surface area (Å²) in [5.41, 5.74) is 4.29. The molecule has 0 fully saturated rings. The Labute approximate surface area is 181 Å². The highest BCUT2D eigenvalue weighted by atomic mass is 79.9. The Morgan fingerprint density at radius 3 is 1.21 bits per heavy atom. The van der Waals surface area contributed by atoms with Crippen molar-refractivity contribution in [3.05, 3.63) is 108 Å². The normalized spacial score (nSPS) is 11.0. The number of quaternary nitrogens is 1. The minimum absolute atomic E-state index is 0. The Morgan fingerprint density at radius 2 is 0.893 bits per heavy atom. The molecule has 0 radical (unpaired) electrons. The van der Waals surface area contributed by atoms with Crippen molar-refractivity contribution in [2.24, 2.45) is 0 Å². The van der Waals surface area contributed by atoms with Gasteiger partial charge in [0.1, 0.15) is 19.6 Å². The van der Waals surface area contributed by atoms with E-state index in [0.717, 1.165) is 24.1 Å². The molecular formula is C26H32BrN. The molecule has 148 valence electrons. The largest absolute Gasteiger partial charge is 1.00 e. The second-order valence-corrected chi connectivity index (χ2v) is 7.70. The van der Waals surface area contributed by atoms with E-state index in [1.807, 2.05) is 0 Å². The number of benzene rings is 3. The molecule has 0 aliphatic carbocycles. The van der Waals surface area contributed by atoms with Gasteiger partial charge in [-0.3, -0.25) is 0 Å². The second-order valence-electron chi connectivity index (χ2n) is 7.70. The highest BCUT2D eigenvalue weighted by molar-refractivity contribution is 5.17. The Kier molecular flexibility index (Phi) is 9.46. The van der Waals surface area contributed by atoms with Crippen LogP contribution >= 0.6 is 0 Å². The maximum absolute atomic E-state index is 2.29. The minimum Gasteiger partial charge on any atom is -1.00 e. The Balaban J connectivity index is 0.00000280. The van der Waals surface area contributed by atoms with Crippen LogP contribution < -0.4 is 17.0 Å². The zero-order chi connectivity index (χ0) is 18.8. The van der Waals surface area contributed by atoms with Crippen LogP contribution in [0.5, 0.6) is 0 Å². The topological polar surface area (TPSA) is 0 Å².